The van der Waals surface area contributed by atoms with Crippen LogP contribution in [0.2, 0.25) is 0 Å². The SMILES string of the molecule is CC/C=C\C/C=C\C/C=C\C/C=C\C/C=C\C/C=C\C/C=C\C/C=C\C/C=C\C/C=C\CCCCCCCCCCCCC(=O)OC(COC(=O)CCCCCCCCCCCCCCCC/C=C\C/C=C\C/C=C\C/C=C\C/C=C\C/C=C\C/C=C\C/C=C\CC)COP(=O)(O)OCC[N+](C)(C)C. The first-order valence-corrected chi connectivity index (χ1v) is 43.0. The maximum Gasteiger partial charge on any atom is 0.472 e. The van der Waals surface area contributed by atoms with Crippen LogP contribution in [0.4, 0.5) is 0 Å². The standard InChI is InChI=1S/C94H152NO8P/c1-6-8-10-12-14-16-18-20-22-24-26-28-30-32-34-36-38-40-42-44-46-47-49-51-53-55-57-59-61-63-65-67-69-71-73-75-77-79-81-83-85-87-94(97)103-92(91-102-104(98,99)101-89-88-95(3,4)5)90-100-93(96)86-84-82-80-78-76-74-72-70-68-66-64-62-60-58-56-54-52-50-48-45-43-41-39-37-35-33-31-29-27-25-23-21-19-17-15-13-11-9-7-2/h8-11,14-17,20-23,26-29,32-35,38-41,44-46,48-49,51-52,54-55,57,61,63,92H,6-7,12-13,18-19,24-25,30-31,36-37,42-43,47,50,53,56,58-60,62,64-91H2,1-5H3/p+1/b10-8-,11-9-,16-14-,17-15-,22-20-,23-21-,28-26-,29-27-,34-32-,35-33-,40-38-,41-39-,46-44-,48-45-,51-49-,54-52-,57-55-,63-61-. The van der Waals surface area contributed by atoms with Gasteiger partial charge in [0.15, 0.2) is 6.10 Å². The zero-order valence-corrected chi connectivity index (χ0v) is 67.8. The van der Waals surface area contributed by atoms with Gasteiger partial charge in [-0.25, -0.2) is 4.57 Å². The van der Waals surface area contributed by atoms with Crippen molar-refractivity contribution in [2.75, 3.05) is 47.5 Å². The molecule has 0 aromatic rings. The van der Waals surface area contributed by atoms with E-state index < -0.39 is 26.5 Å². The summed E-state index contributed by atoms with van der Waals surface area (Å²) in [6, 6.07) is 0. The van der Waals surface area contributed by atoms with Crippen LogP contribution in [0.15, 0.2) is 219 Å². The van der Waals surface area contributed by atoms with Gasteiger partial charge in [0.25, 0.3) is 0 Å². The number of rotatable bonds is 74. The Kier molecular flexibility index (Phi) is 77.0. The van der Waals surface area contributed by atoms with Crippen molar-refractivity contribution in [3.63, 3.8) is 0 Å². The van der Waals surface area contributed by atoms with Gasteiger partial charge in [-0.05, 0) is 154 Å². The van der Waals surface area contributed by atoms with E-state index in [9.17, 15) is 19.0 Å². The molecule has 0 saturated heterocycles. The number of carbonyl (C=O) groups excluding carboxylic acids is 2. The lowest BCUT2D eigenvalue weighted by atomic mass is 10.0. The van der Waals surface area contributed by atoms with Gasteiger partial charge in [-0.2, -0.15) is 0 Å². The average Bonchev–Trinajstić information content (AvgIpc) is 0.920. The minimum absolute atomic E-state index is 0.0215. The summed E-state index contributed by atoms with van der Waals surface area (Å²) in [4.78, 5) is 36.0. The number of nitrogens with zero attached hydrogens (tertiary/aromatic N) is 1. The van der Waals surface area contributed by atoms with E-state index in [-0.39, 0.29) is 32.0 Å². The van der Waals surface area contributed by atoms with Crippen molar-refractivity contribution in [3.8, 4) is 0 Å². The van der Waals surface area contributed by atoms with Crippen LogP contribution >= 0.6 is 7.82 Å². The number of hydrogen-bond acceptors (Lipinski definition) is 7. The number of likely N-dealkylation sites (N-methyl/N-ethyl adjacent to an activating group) is 1. The van der Waals surface area contributed by atoms with Crippen molar-refractivity contribution in [2.24, 2.45) is 0 Å². The molecule has 2 atom stereocenters. The van der Waals surface area contributed by atoms with Gasteiger partial charge in [-0.15, -0.1) is 0 Å². The Bertz CT molecular complexity index is 2570. The molecule has 586 valence electrons. The zero-order valence-electron chi connectivity index (χ0n) is 66.9. The Labute approximate surface area is 639 Å². The summed E-state index contributed by atoms with van der Waals surface area (Å²) in [6.07, 6.45) is 129. The van der Waals surface area contributed by atoms with E-state index in [4.69, 9.17) is 18.5 Å². The molecule has 0 aliphatic rings. The maximum atomic E-state index is 12.9. The van der Waals surface area contributed by atoms with Crippen LogP contribution in [0.25, 0.3) is 0 Å². The van der Waals surface area contributed by atoms with E-state index >= 15 is 0 Å². The average molecular weight is 1460 g/mol. The fourth-order valence-corrected chi connectivity index (χ4v) is 11.5. The molecule has 0 aliphatic heterocycles. The molecule has 0 aromatic heterocycles. The minimum Gasteiger partial charge on any atom is -0.462 e. The summed E-state index contributed by atoms with van der Waals surface area (Å²) in [5.74, 6) is -0.809. The monoisotopic (exact) mass is 1460 g/mol. The minimum atomic E-state index is -4.41. The summed E-state index contributed by atoms with van der Waals surface area (Å²) in [7, 11) is 1.46. The predicted octanol–water partition coefficient (Wildman–Crippen LogP) is 28.3. The highest BCUT2D eigenvalue weighted by molar-refractivity contribution is 7.47. The first-order valence-electron chi connectivity index (χ1n) is 41.5. The molecular weight excluding hydrogens is 1300 g/mol. The van der Waals surface area contributed by atoms with E-state index in [0.717, 1.165) is 161 Å². The predicted molar refractivity (Wildman–Crippen MR) is 454 cm³/mol. The lowest BCUT2D eigenvalue weighted by Crippen LogP contribution is -2.37. The highest BCUT2D eigenvalue weighted by atomic mass is 31.2. The number of esters is 2. The number of quaternary nitrogens is 1. The van der Waals surface area contributed by atoms with Crippen LogP contribution in [0, 0.1) is 0 Å². The highest BCUT2D eigenvalue weighted by Gasteiger charge is 2.27. The number of phosphoric ester groups is 1. The molecule has 0 bridgehead atoms. The van der Waals surface area contributed by atoms with Gasteiger partial charge in [-0.3, -0.25) is 18.6 Å². The second kappa shape index (κ2) is 81.4. The van der Waals surface area contributed by atoms with Gasteiger partial charge >= 0.3 is 19.8 Å². The molecule has 0 radical (unpaired) electrons. The normalized spacial score (nSPS) is 14.2. The van der Waals surface area contributed by atoms with E-state index in [0.29, 0.717) is 17.4 Å². The highest BCUT2D eigenvalue weighted by Crippen LogP contribution is 2.43. The Morgan fingerprint density at radius 2 is 0.519 bits per heavy atom. The first-order chi connectivity index (χ1) is 51.0. The van der Waals surface area contributed by atoms with Crippen LogP contribution in [0.5, 0.6) is 0 Å². The van der Waals surface area contributed by atoms with Crippen molar-refractivity contribution in [3.05, 3.63) is 219 Å². The van der Waals surface area contributed by atoms with Gasteiger partial charge in [0.1, 0.15) is 19.8 Å². The maximum absolute atomic E-state index is 12.9. The van der Waals surface area contributed by atoms with Gasteiger partial charge in [0.05, 0.1) is 27.7 Å². The number of allylic oxidation sites excluding steroid dienone is 36. The van der Waals surface area contributed by atoms with Gasteiger partial charge < -0.3 is 18.9 Å². The Morgan fingerprint density at radius 1 is 0.298 bits per heavy atom. The zero-order chi connectivity index (χ0) is 75.4. The first kappa shape index (κ1) is 98.3. The summed E-state index contributed by atoms with van der Waals surface area (Å²) in [6.45, 7) is 4.20. The third-order valence-electron chi connectivity index (χ3n) is 17.0. The smallest absolute Gasteiger partial charge is 0.462 e. The van der Waals surface area contributed by atoms with Crippen LogP contribution < -0.4 is 0 Å². The van der Waals surface area contributed by atoms with Crippen LogP contribution in [-0.2, 0) is 32.7 Å². The number of hydrogen-bond donors (Lipinski definition) is 1. The van der Waals surface area contributed by atoms with Crippen molar-refractivity contribution in [2.45, 2.75) is 315 Å². The number of carbonyl (C=O) groups is 2. The lowest BCUT2D eigenvalue weighted by molar-refractivity contribution is -0.870. The van der Waals surface area contributed by atoms with Crippen molar-refractivity contribution in [1.82, 2.24) is 0 Å². The number of ether oxygens (including phenoxy) is 2. The van der Waals surface area contributed by atoms with Gasteiger partial charge in [0.2, 0.25) is 0 Å². The molecule has 0 aliphatic carbocycles. The van der Waals surface area contributed by atoms with E-state index in [1.165, 1.54) is 116 Å². The lowest BCUT2D eigenvalue weighted by Gasteiger charge is -2.24. The van der Waals surface area contributed by atoms with E-state index in [1.807, 2.05) is 21.1 Å². The molecule has 0 rings (SSSR count). The molecular formula is C94H153NO8P+. The summed E-state index contributed by atoms with van der Waals surface area (Å²) in [5, 5.41) is 0. The van der Waals surface area contributed by atoms with E-state index in [2.05, 4.69) is 233 Å². The van der Waals surface area contributed by atoms with Crippen molar-refractivity contribution in [1.29, 1.82) is 0 Å². The molecule has 0 aromatic carbocycles. The Hall–Kier alpha value is -5.67. The van der Waals surface area contributed by atoms with Crippen LogP contribution in [0.3, 0.4) is 0 Å². The molecule has 1 N–H and O–H groups in total. The summed E-state index contributed by atoms with van der Waals surface area (Å²) < 4.78 is 34.8. The molecule has 0 fully saturated rings. The third-order valence-corrected chi connectivity index (χ3v) is 18.0. The Balaban J connectivity index is 4.06. The third kappa shape index (κ3) is 85.3. The Morgan fingerprint density at radius 3 is 0.769 bits per heavy atom. The second-order valence-corrected chi connectivity index (χ2v) is 29.5. The molecule has 10 heteroatoms. The van der Waals surface area contributed by atoms with Crippen molar-refractivity contribution < 1.29 is 42.1 Å². The molecule has 0 heterocycles. The molecule has 9 nitrogen and oxygen atoms in total. The van der Waals surface area contributed by atoms with Gasteiger partial charge in [0, 0.05) is 12.8 Å². The fourth-order valence-electron chi connectivity index (χ4n) is 10.8. The summed E-state index contributed by atoms with van der Waals surface area (Å²) in [5.41, 5.74) is 0. The van der Waals surface area contributed by atoms with Crippen LogP contribution in [-0.4, -0.2) is 74.9 Å². The molecule has 0 amide bonds. The molecule has 0 spiro atoms. The van der Waals surface area contributed by atoms with E-state index in [1.54, 1.807) is 0 Å². The molecule has 2 unspecified atom stereocenters. The summed E-state index contributed by atoms with van der Waals surface area (Å²) >= 11 is 0. The largest absolute Gasteiger partial charge is 0.472 e. The molecule has 0 saturated carbocycles. The number of unbranched alkanes of at least 4 members (excludes halogenated alkanes) is 24. The van der Waals surface area contributed by atoms with Gasteiger partial charge in [-0.1, -0.05) is 361 Å². The second-order valence-electron chi connectivity index (χ2n) is 28.0. The van der Waals surface area contributed by atoms with Crippen molar-refractivity contribution >= 4 is 19.8 Å². The van der Waals surface area contributed by atoms with Crippen LogP contribution in [0.1, 0.15) is 309 Å². The fraction of sp³-hybridized carbons (Fsp3) is 0.596. The quantitative estimate of drug-likeness (QED) is 0.0211. The molecule has 104 heavy (non-hydrogen) atoms. The number of phosphoric acid groups is 1. The topological polar surface area (TPSA) is 108 Å².